The van der Waals surface area contributed by atoms with Gasteiger partial charge in [-0.15, -0.1) is 0 Å². The monoisotopic (exact) mass is 380 g/mol. The second kappa shape index (κ2) is 8.64. The standard InChI is InChI=1S/C21H21ClN4O/c1-14(2)18-5-3-4-6-19(18)26-21-24-12-16(13-25-21)20(27)23-11-15-7-9-17(22)10-8-15/h3-10,12-14H,11H2,1-2H3,(H,23,27)(H,24,25,26). The van der Waals surface area contributed by atoms with Gasteiger partial charge in [0.2, 0.25) is 5.95 Å². The van der Waals surface area contributed by atoms with Gasteiger partial charge in [0.1, 0.15) is 0 Å². The van der Waals surface area contributed by atoms with Crippen LogP contribution in [0.2, 0.25) is 5.02 Å². The highest BCUT2D eigenvalue weighted by Crippen LogP contribution is 2.25. The average Bonchev–Trinajstić information content (AvgIpc) is 2.68. The maximum Gasteiger partial charge on any atom is 0.254 e. The smallest absolute Gasteiger partial charge is 0.254 e. The van der Waals surface area contributed by atoms with Crippen LogP contribution in [0.3, 0.4) is 0 Å². The predicted molar refractivity (Wildman–Crippen MR) is 108 cm³/mol. The van der Waals surface area contributed by atoms with Crippen molar-refractivity contribution in [2.24, 2.45) is 0 Å². The highest BCUT2D eigenvalue weighted by Gasteiger charge is 2.09. The molecule has 3 rings (SSSR count). The fourth-order valence-electron chi connectivity index (χ4n) is 2.63. The molecule has 0 bridgehead atoms. The first-order valence-corrected chi connectivity index (χ1v) is 9.11. The molecule has 0 aliphatic rings. The van der Waals surface area contributed by atoms with Crippen molar-refractivity contribution >= 4 is 29.1 Å². The number of carbonyl (C=O) groups is 1. The van der Waals surface area contributed by atoms with Crippen LogP contribution in [0.25, 0.3) is 0 Å². The van der Waals surface area contributed by atoms with E-state index in [1.807, 2.05) is 30.3 Å². The summed E-state index contributed by atoms with van der Waals surface area (Å²) in [5.74, 6) is 0.614. The van der Waals surface area contributed by atoms with E-state index in [2.05, 4.69) is 40.5 Å². The van der Waals surface area contributed by atoms with Crippen molar-refractivity contribution in [2.75, 3.05) is 5.32 Å². The Morgan fingerprint density at radius 1 is 1.04 bits per heavy atom. The number of halogens is 1. The molecule has 2 aromatic carbocycles. The number of hydrogen-bond donors (Lipinski definition) is 2. The number of nitrogens with zero attached hydrogens (tertiary/aromatic N) is 2. The Kier molecular flexibility index (Phi) is 6.04. The Labute approximate surface area is 163 Å². The molecule has 0 saturated heterocycles. The molecule has 27 heavy (non-hydrogen) atoms. The first kappa shape index (κ1) is 18.9. The van der Waals surface area contributed by atoms with Crippen LogP contribution < -0.4 is 10.6 Å². The Morgan fingerprint density at radius 2 is 1.70 bits per heavy atom. The van der Waals surface area contributed by atoms with Crippen molar-refractivity contribution in [3.63, 3.8) is 0 Å². The van der Waals surface area contributed by atoms with Gasteiger partial charge in [0.25, 0.3) is 5.91 Å². The summed E-state index contributed by atoms with van der Waals surface area (Å²) in [6.45, 7) is 4.68. The highest BCUT2D eigenvalue weighted by molar-refractivity contribution is 6.30. The van der Waals surface area contributed by atoms with Crippen LogP contribution in [-0.2, 0) is 6.54 Å². The molecule has 6 heteroatoms. The molecule has 1 amide bonds. The molecular weight excluding hydrogens is 360 g/mol. The third-order valence-electron chi connectivity index (χ3n) is 4.11. The fourth-order valence-corrected chi connectivity index (χ4v) is 2.76. The van der Waals surface area contributed by atoms with Gasteiger partial charge in [-0.25, -0.2) is 9.97 Å². The fraction of sp³-hybridized carbons (Fsp3) is 0.190. The third-order valence-corrected chi connectivity index (χ3v) is 4.36. The quantitative estimate of drug-likeness (QED) is 0.636. The number of anilines is 2. The number of para-hydroxylation sites is 1. The molecule has 2 N–H and O–H groups in total. The number of rotatable bonds is 6. The van der Waals surface area contributed by atoms with Crippen molar-refractivity contribution in [3.8, 4) is 0 Å². The zero-order chi connectivity index (χ0) is 19.2. The van der Waals surface area contributed by atoms with E-state index in [0.29, 0.717) is 29.0 Å². The van der Waals surface area contributed by atoms with Gasteiger partial charge in [0.05, 0.1) is 5.56 Å². The minimum atomic E-state index is -0.223. The molecule has 1 aromatic heterocycles. The Hall–Kier alpha value is -2.92. The molecule has 0 saturated carbocycles. The Balaban J connectivity index is 1.63. The van der Waals surface area contributed by atoms with Crippen LogP contribution >= 0.6 is 11.6 Å². The van der Waals surface area contributed by atoms with Crippen molar-refractivity contribution in [1.82, 2.24) is 15.3 Å². The molecule has 0 spiro atoms. The Morgan fingerprint density at radius 3 is 2.37 bits per heavy atom. The van der Waals surface area contributed by atoms with E-state index < -0.39 is 0 Å². The maximum absolute atomic E-state index is 12.3. The number of amides is 1. The van der Waals surface area contributed by atoms with Crippen LogP contribution in [0.15, 0.2) is 60.9 Å². The summed E-state index contributed by atoms with van der Waals surface area (Å²) < 4.78 is 0. The molecule has 0 atom stereocenters. The minimum Gasteiger partial charge on any atom is -0.348 e. The first-order chi connectivity index (χ1) is 13.0. The van der Waals surface area contributed by atoms with Gasteiger partial charge in [0.15, 0.2) is 0 Å². The zero-order valence-electron chi connectivity index (χ0n) is 15.2. The van der Waals surface area contributed by atoms with E-state index in [4.69, 9.17) is 11.6 Å². The van der Waals surface area contributed by atoms with E-state index in [9.17, 15) is 4.79 Å². The summed E-state index contributed by atoms with van der Waals surface area (Å²) in [5, 5.41) is 6.73. The van der Waals surface area contributed by atoms with Gasteiger partial charge in [-0.2, -0.15) is 0 Å². The number of hydrogen-bond acceptors (Lipinski definition) is 4. The number of carbonyl (C=O) groups excluding carboxylic acids is 1. The first-order valence-electron chi connectivity index (χ1n) is 8.73. The van der Waals surface area contributed by atoms with Crippen LogP contribution in [0, 0.1) is 0 Å². The lowest BCUT2D eigenvalue weighted by molar-refractivity contribution is 0.0950. The lowest BCUT2D eigenvalue weighted by Crippen LogP contribution is -2.23. The van der Waals surface area contributed by atoms with Gasteiger partial charge in [-0.3, -0.25) is 4.79 Å². The summed E-state index contributed by atoms with van der Waals surface area (Å²) in [7, 11) is 0. The van der Waals surface area contributed by atoms with Gasteiger partial charge in [0, 0.05) is 29.6 Å². The van der Waals surface area contributed by atoms with Crippen molar-refractivity contribution in [2.45, 2.75) is 26.3 Å². The highest BCUT2D eigenvalue weighted by atomic mass is 35.5. The lowest BCUT2D eigenvalue weighted by atomic mass is 10.0. The topological polar surface area (TPSA) is 66.9 Å². The van der Waals surface area contributed by atoms with E-state index in [-0.39, 0.29) is 5.91 Å². The van der Waals surface area contributed by atoms with E-state index in [0.717, 1.165) is 11.3 Å². The van der Waals surface area contributed by atoms with Crippen molar-refractivity contribution in [1.29, 1.82) is 0 Å². The van der Waals surface area contributed by atoms with Crippen LogP contribution in [0.4, 0.5) is 11.6 Å². The van der Waals surface area contributed by atoms with Gasteiger partial charge in [-0.1, -0.05) is 55.8 Å². The molecular formula is C21H21ClN4O. The normalized spacial score (nSPS) is 10.7. The van der Waals surface area contributed by atoms with E-state index in [1.54, 1.807) is 12.1 Å². The molecule has 0 unspecified atom stereocenters. The number of nitrogens with one attached hydrogen (secondary N) is 2. The zero-order valence-corrected chi connectivity index (χ0v) is 16.0. The maximum atomic E-state index is 12.3. The second-order valence-electron chi connectivity index (χ2n) is 6.47. The summed E-state index contributed by atoms with van der Waals surface area (Å²) in [4.78, 5) is 20.8. The van der Waals surface area contributed by atoms with Crippen LogP contribution in [0.5, 0.6) is 0 Å². The second-order valence-corrected chi connectivity index (χ2v) is 6.91. The molecule has 5 nitrogen and oxygen atoms in total. The van der Waals surface area contributed by atoms with E-state index in [1.165, 1.54) is 18.0 Å². The Bertz CT molecular complexity index is 908. The molecule has 0 aliphatic heterocycles. The third kappa shape index (κ3) is 5.05. The SMILES string of the molecule is CC(C)c1ccccc1Nc1ncc(C(=O)NCc2ccc(Cl)cc2)cn1. The molecule has 0 aliphatic carbocycles. The minimum absolute atomic E-state index is 0.223. The molecule has 138 valence electrons. The molecule has 1 heterocycles. The summed E-state index contributed by atoms with van der Waals surface area (Å²) >= 11 is 5.86. The van der Waals surface area contributed by atoms with Crippen molar-refractivity contribution < 1.29 is 4.79 Å². The summed E-state index contributed by atoms with van der Waals surface area (Å²) in [6, 6.07) is 15.4. The van der Waals surface area contributed by atoms with Gasteiger partial charge in [-0.05, 0) is 35.2 Å². The number of aromatic nitrogens is 2. The number of benzene rings is 2. The molecule has 0 fully saturated rings. The molecule has 3 aromatic rings. The van der Waals surface area contributed by atoms with Crippen molar-refractivity contribution in [3.05, 3.63) is 82.6 Å². The summed E-state index contributed by atoms with van der Waals surface area (Å²) in [5.41, 5.74) is 3.53. The summed E-state index contributed by atoms with van der Waals surface area (Å²) in [6.07, 6.45) is 3.04. The van der Waals surface area contributed by atoms with Gasteiger partial charge >= 0.3 is 0 Å². The van der Waals surface area contributed by atoms with Crippen LogP contribution in [0.1, 0.15) is 41.3 Å². The molecule has 0 radical (unpaired) electrons. The van der Waals surface area contributed by atoms with Crippen LogP contribution in [-0.4, -0.2) is 15.9 Å². The van der Waals surface area contributed by atoms with E-state index >= 15 is 0 Å². The lowest BCUT2D eigenvalue weighted by Gasteiger charge is -2.13. The van der Waals surface area contributed by atoms with Gasteiger partial charge < -0.3 is 10.6 Å². The predicted octanol–water partition coefficient (Wildman–Crippen LogP) is 4.93. The largest absolute Gasteiger partial charge is 0.348 e. The average molecular weight is 381 g/mol.